The summed E-state index contributed by atoms with van der Waals surface area (Å²) in [6.07, 6.45) is 1.85. The highest BCUT2D eigenvalue weighted by atomic mass is 16.5. The van der Waals surface area contributed by atoms with E-state index >= 15 is 0 Å². The van der Waals surface area contributed by atoms with E-state index in [9.17, 15) is 4.79 Å². The van der Waals surface area contributed by atoms with Crippen molar-refractivity contribution >= 4 is 28.7 Å². The molecule has 6 heteroatoms. The van der Waals surface area contributed by atoms with Gasteiger partial charge in [-0.1, -0.05) is 36.4 Å². The van der Waals surface area contributed by atoms with Gasteiger partial charge in [0.15, 0.2) is 17.3 Å². The Bertz CT molecular complexity index is 1180. The van der Waals surface area contributed by atoms with Crippen LogP contribution >= 0.6 is 0 Å². The number of para-hydroxylation sites is 2. The normalized spacial score (nSPS) is 11.3. The summed E-state index contributed by atoms with van der Waals surface area (Å²) in [5.74, 6) is 1.58. The molecule has 1 aromatic heterocycles. The molecule has 2 N–H and O–H groups in total. The van der Waals surface area contributed by atoms with E-state index in [2.05, 4.69) is 15.3 Å². The van der Waals surface area contributed by atoms with E-state index in [1.54, 1.807) is 26.4 Å². The second kappa shape index (κ2) is 8.53. The molecule has 0 bridgehead atoms. The van der Waals surface area contributed by atoms with Gasteiger partial charge in [0.05, 0.1) is 31.0 Å². The fraction of sp³-hybridized carbons (Fsp3) is 0.0833. The number of rotatable bonds is 6. The molecule has 0 spiro atoms. The van der Waals surface area contributed by atoms with E-state index in [1.807, 2.05) is 66.7 Å². The van der Waals surface area contributed by atoms with Crippen molar-refractivity contribution in [2.24, 2.45) is 0 Å². The lowest BCUT2D eigenvalue weighted by molar-refractivity contribution is 0.0973. The molecule has 1 heterocycles. The minimum absolute atomic E-state index is 0.220. The van der Waals surface area contributed by atoms with Crippen LogP contribution in [0.25, 0.3) is 22.8 Å². The highest BCUT2D eigenvalue weighted by Crippen LogP contribution is 2.29. The Balaban J connectivity index is 1.76. The lowest BCUT2D eigenvalue weighted by Crippen LogP contribution is -2.22. The molecule has 0 saturated carbocycles. The average molecular weight is 399 g/mol. The average Bonchev–Trinajstić information content (AvgIpc) is 3.23. The standard InChI is InChI=1S/C24H21N3O3/c1-29-21-13-12-16(15-22(21)30-2)14-20(27-24(28)17-8-4-3-5-9-17)23-25-18-10-6-7-11-19(18)26-23/h3-15H,1-2H3,(H,25,26)(H,27,28)/b20-14+. The number of fused-ring (bicyclic) bond motifs is 1. The smallest absolute Gasteiger partial charge is 0.255 e. The Hall–Kier alpha value is -4.06. The van der Waals surface area contributed by atoms with Crippen LogP contribution < -0.4 is 14.8 Å². The van der Waals surface area contributed by atoms with Gasteiger partial charge in [-0.05, 0) is 48.0 Å². The van der Waals surface area contributed by atoms with Crippen LogP contribution in [0.4, 0.5) is 0 Å². The van der Waals surface area contributed by atoms with Gasteiger partial charge in [0.25, 0.3) is 5.91 Å². The predicted molar refractivity (Wildman–Crippen MR) is 117 cm³/mol. The molecule has 30 heavy (non-hydrogen) atoms. The van der Waals surface area contributed by atoms with Crippen LogP contribution in [0.1, 0.15) is 21.7 Å². The number of amides is 1. The summed E-state index contributed by atoms with van der Waals surface area (Å²) in [6, 6.07) is 22.3. The number of aromatic amines is 1. The molecular formula is C24H21N3O3. The number of nitrogens with one attached hydrogen (secondary N) is 2. The summed E-state index contributed by atoms with van der Waals surface area (Å²) < 4.78 is 10.7. The van der Waals surface area contributed by atoms with Crippen molar-refractivity contribution in [3.05, 3.63) is 89.7 Å². The van der Waals surface area contributed by atoms with Crippen molar-refractivity contribution in [2.45, 2.75) is 0 Å². The topological polar surface area (TPSA) is 76.2 Å². The van der Waals surface area contributed by atoms with Crippen LogP contribution in [0.2, 0.25) is 0 Å². The third-order valence-electron chi connectivity index (χ3n) is 4.65. The molecule has 0 radical (unpaired) electrons. The minimum Gasteiger partial charge on any atom is -0.493 e. The number of ether oxygens (including phenoxy) is 2. The van der Waals surface area contributed by atoms with Crippen LogP contribution in [0.15, 0.2) is 72.8 Å². The Labute approximate surface area is 174 Å². The maximum absolute atomic E-state index is 12.8. The summed E-state index contributed by atoms with van der Waals surface area (Å²) in [5, 5.41) is 2.98. The number of benzene rings is 3. The number of aromatic nitrogens is 2. The molecule has 1 amide bonds. The number of H-pyrrole nitrogens is 1. The summed E-state index contributed by atoms with van der Waals surface area (Å²) in [5.41, 5.74) is 3.65. The predicted octanol–water partition coefficient (Wildman–Crippen LogP) is 4.51. The number of hydrogen-bond donors (Lipinski definition) is 2. The Morgan fingerprint density at radius 1 is 0.933 bits per heavy atom. The van der Waals surface area contributed by atoms with Gasteiger partial charge >= 0.3 is 0 Å². The van der Waals surface area contributed by atoms with E-state index in [0.717, 1.165) is 16.6 Å². The molecule has 0 aliphatic heterocycles. The van der Waals surface area contributed by atoms with E-state index in [0.29, 0.717) is 28.6 Å². The Morgan fingerprint density at radius 2 is 1.67 bits per heavy atom. The summed E-state index contributed by atoms with van der Waals surface area (Å²) in [7, 11) is 3.18. The molecule has 0 unspecified atom stereocenters. The Morgan fingerprint density at radius 3 is 2.40 bits per heavy atom. The number of carbonyl (C=O) groups excluding carboxylic acids is 1. The fourth-order valence-electron chi connectivity index (χ4n) is 3.14. The lowest BCUT2D eigenvalue weighted by atomic mass is 10.1. The van der Waals surface area contributed by atoms with E-state index in [4.69, 9.17) is 9.47 Å². The van der Waals surface area contributed by atoms with Crippen molar-refractivity contribution in [3.8, 4) is 11.5 Å². The first-order chi connectivity index (χ1) is 14.7. The maximum atomic E-state index is 12.8. The fourth-order valence-corrected chi connectivity index (χ4v) is 3.14. The molecule has 6 nitrogen and oxygen atoms in total. The zero-order valence-electron chi connectivity index (χ0n) is 16.7. The largest absolute Gasteiger partial charge is 0.493 e. The van der Waals surface area contributed by atoms with Gasteiger partial charge in [-0.15, -0.1) is 0 Å². The molecule has 4 rings (SSSR count). The molecule has 4 aromatic rings. The van der Waals surface area contributed by atoms with Crippen molar-refractivity contribution < 1.29 is 14.3 Å². The summed E-state index contributed by atoms with van der Waals surface area (Å²) in [4.78, 5) is 20.7. The van der Waals surface area contributed by atoms with E-state index in [-0.39, 0.29) is 5.91 Å². The number of hydrogen-bond acceptors (Lipinski definition) is 4. The second-order valence-corrected chi connectivity index (χ2v) is 6.60. The molecular weight excluding hydrogens is 378 g/mol. The SMILES string of the molecule is COc1ccc(/C=C(/NC(=O)c2ccccc2)c2nc3ccccc3[nH]2)cc1OC. The van der Waals surface area contributed by atoms with Crippen LogP contribution in [0.5, 0.6) is 11.5 Å². The maximum Gasteiger partial charge on any atom is 0.255 e. The zero-order valence-corrected chi connectivity index (χ0v) is 16.7. The second-order valence-electron chi connectivity index (χ2n) is 6.60. The first-order valence-corrected chi connectivity index (χ1v) is 9.43. The molecule has 0 saturated heterocycles. The Kier molecular flexibility index (Phi) is 5.48. The van der Waals surface area contributed by atoms with Gasteiger partial charge in [-0.25, -0.2) is 4.98 Å². The van der Waals surface area contributed by atoms with E-state index in [1.165, 1.54) is 0 Å². The molecule has 0 aliphatic rings. The van der Waals surface area contributed by atoms with Crippen molar-refractivity contribution in [1.82, 2.24) is 15.3 Å². The van der Waals surface area contributed by atoms with Gasteiger partial charge in [0, 0.05) is 5.56 Å². The molecule has 0 aliphatic carbocycles. The van der Waals surface area contributed by atoms with Gasteiger partial charge in [0.1, 0.15) is 0 Å². The third-order valence-corrected chi connectivity index (χ3v) is 4.65. The van der Waals surface area contributed by atoms with Gasteiger partial charge in [-0.3, -0.25) is 4.79 Å². The first kappa shape index (κ1) is 19.3. The molecule has 3 aromatic carbocycles. The summed E-state index contributed by atoms with van der Waals surface area (Å²) >= 11 is 0. The summed E-state index contributed by atoms with van der Waals surface area (Å²) in [6.45, 7) is 0. The molecule has 0 fully saturated rings. The van der Waals surface area contributed by atoms with Gasteiger partial charge in [-0.2, -0.15) is 0 Å². The van der Waals surface area contributed by atoms with Crippen molar-refractivity contribution in [3.63, 3.8) is 0 Å². The number of imidazole rings is 1. The lowest BCUT2D eigenvalue weighted by Gasteiger charge is -2.10. The highest BCUT2D eigenvalue weighted by molar-refractivity contribution is 6.01. The molecule has 150 valence electrons. The third kappa shape index (κ3) is 4.03. The van der Waals surface area contributed by atoms with Crippen molar-refractivity contribution in [2.75, 3.05) is 14.2 Å². The van der Waals surface area contributed by atoms with Crippen molar-refractivity contribution in [1.29, 1.82) is 0 Å². The minimum atomic E-state index is -0.220. The molecule has 0 atom stereocenters. The number of methoxy groups -OCH3 is 2. The monoisotopic (exact) mass is 399 g/mol. The van der Waals surface area contributed by atoms with E-state index < -0.39 is 0 Å². The highest BCUT2D eigenvalue weighted by Gasteiger charge is 2.14. The quantitative estimate of drug-likeness (QED) is 0.500. The van der Waals surface area contributed by atoms with Crippen LogP contribution in [-0.4, -0.2) is 30.1 Å². The number of nitrogens with zero attached hydrogens (tertiary/aromatic N) is 1. The van der Waals surface area contributed by atoms with Crippen LogP contribution in [0, 0.1) is 0 Å². The van der Waals surface area contributed by atoms with Crippen LogP contribution in [0.3, 0.4) is 0 Å². The first-order valence-electron chi connectivity index (χ1n) is 9.43. The van der Waals surface area contributed by atoms with Gasteiger partial charge in [0.2, 0.25) is 0 Å². The van der Waals surface area contributed by atoms with Crippen LogP contribution in [-0.2, 0) is 0 Å². The zero-order chi connectivity index (χ0) is 20.9. The number of carbonyl (C=O) groups is 1. The van der Waals surface area contributed by atoms with Gasteiger partial charge < -0.3 is 19.8 Å².